The molecule has 2 heterocycles. The van der Waals surface area contributed by atoms with E-state index in [-0.39, 0.29) is 5.41 Å². The van der Waals surface area contributed by atoms with Gasteiger partial charge in [-0.15, -0.1) is 0 Å². The molecule has 1 unspecified atom stereocenters. The topological polar surface area (TPSA) is 40.1 Å². The van der Waals surface area contributed by atoms with Crippen LogP contribution in [0.2, 0.25) is 5.02 Å². The van der Waals surface area contributed by atoms with Gasteiger partial charge in [0, 0.05) is 56.3 Å². The number of nitrogens with one attached hydrogen (secondary N) is 1. The standard InChI is InChI=1S/C20H31ClN4O/c1-20(2,17-6-4-5-7-18(17)21)15-23-19(22-3)25-9-8-16(14-25)24-10-12-26-13-11-24/h4-7,16H,8-15H2,1-3H3,(H,22,23). The van der Waals surface area contributed by atoms with E-state index in [0.29, 0.717) is 6.04 Å². The largest absolute Gasteiger partial charge is 0.379 e. The molecule has 0 aromatic heterocycles. The molecular formula is C20H31ClN4O. The van der Waals surface area contributed by atoms with Crippen LogP contribution in [0.15, 0.2) is 29.3 Å². The third kappa shape index (κ3) is 4.51. The van der Waals surface area contributed by atoms with Gasteiger partial charge >= 0.3 is 0 Å². The molecule has 5 nitrogen and oxygen atoms in total. The van der Waals surface area contributed by atoms with Crippen LogP contribution in [-0.2, 0) is 10.2 Å². The lowest BCUT2D eigenvalue weighted by molar-refractivity contribution is 0.0195. The molecule has 1 N–H and O–H groups in total. The summed E-state index contributed by atoms with van der Waals surface area (Å²) in [7, 11) is 1.87. The lowest BCUT2D eigenvalue weighted by Gasteiger charge is -2.33. The van der Waals surface area contributed by atoms with Gasteiger partial charge in [-0.2, -0.15) is 0 Å². The first-order valence-corrected chi connectivity index (χ1v) is 9.91. The maximum atomic E-state index is 6.41. The van der Waals surface area contributed by atoms with E-state index in [1.807, 2.05) is 25.2 Å². The van der Waals surface area contributed by atoms with Crippen LogP contribution in [0.3, 0.4) is 0 Å². The number of nitrogens with zero attached hydrogens (tertiary/aromatic N) is 3. The molecule has 0 amide bonds. The van der Waals surface area contributed by atoms with Crippen LogP contribution >= 0.6 is 11.6 Å². The highest BCUT2D eigenvalue weighted by molar-refractivity contribution is 6.31. The molecule has 1 aromatic carbocycles. The van der Waals surface area contributed by atoms with Crippen molar-refractivity contribution in [2.75, 3.05) is 53.0 Å². The molecule has 3 rings (SSSR count). The predicted molar refractivity (Wildman–Crippen MR) is 108 cm³/mol. The summed E-state index contributed by atoms with van der Waals surface area (Å²) in [4.78, 5) is 9.46. The van der Waals surface area contributed by atoms with Crippen LogP contribution in [0.5, 0.6) is 0 Å². The SMILES string of the molecule is CN=C(NCC(C)(C)c1ccccc1Cl)N1CCC(N2CCOCC2)C1. The maximum Gasteiger partial charge on any atom is 0.193 e. The third-order valence-electron chi connectivity index (χ3n) is 5.53. The first-order valence-electron chi connectivity index (χ1n) is 9.53. The summed E-state index contributed by atoms with van der Waals surface area (Å²) < 4.78 is 5.48. The van der Waals surface area contributed by atoms with Crippen LogP contribution in [-0.4, -0.2) is 74.8 Å². The first kappa shape index (κ1) is 19.5. The highest BCUT2D eigenvalue weighted by Crippen LogP contribution is 2.29. The lowest BCUT2D eigenvalue weighted by atomic mass is 9.84. The number of aliphatic imine (C=N–C) groups is 1. The van der Waals surface area contributed by atoms with E-state index in [1.54, 1.807) is 0 Å². The fraction of sp³-hybridized carbons (Fsp3) is 0.650. The smallest absolute Gasteiger partial charge is 0.193 e. The van der Waals surface area contributed by atoms with Gasteiger partial charge in [0.05, 0.1) is 13.2 Å². The second-order valence-corrected chi connectivity index (χ2v) is 8.21. The van der Waals surface area contributed by atoms with E-state index in [2.05, 4.69) is 40.0 Å². The number of rotatable bonds is 4. The molecule has 1 aromatic rings. The summed E-state index contributed by atoms with van der Waals surface area (Å²) in [6.07, 6.45) is 1.19. The van der Waals surface area contributed by atoms with Crippen molar-refractivity contribution < 1.29 is 4.74 Å². The zero-order valence-electron chi connectivity index (χ0n) is 16.2. The number of hydrogen-bond acceptors (Lipinski definition) is 3. The van der Waals surface area contributed by atoms with Gasteiger partial charge in [-0.25, -0.2) is 0 Å². The molecule has 2 saturated heterocycles. The van der Waals surface area contributed by atoms with E-state index in [0.717, 1.165) is 62.5 Å². The van der Waals surface area contributed by atoms with Gasteiger partial charge < -0.3 is 15.0 Å². The van der Waals surface area contributed by atoms with E-state index in [4.69, 9.17) is 16.3 Å². The van der Waals surface area contributed by atoms with Gasteiger partial charge in [0.1, 0.15) is 0 Å². The Balaban J connectivity index is 1.57. The highest BCUT2D eigenvalue weighted by Gasteiger charge is 2.31. The number of likely N-dealkylation sites (tertiary alicyclic amines) is 1. The van der Waals surface area contributed by atoms with Crippen molar-refractivity contribution in [3.05, 3.63) is 34.9 Å². The molecule has 0 radical (unpaired) electrons. The van der Waals surface area contributed by atoms with Crippen LogP contribution in [0, 0.1) is 0 Å². The van der Waals surface area contributed by atoms with E-state index in [9.17, 15) is 0 Å². The third-order valence-corrected chi connectivity index (χ3v) is 5.86. The summed E-state index contributed by atoms with van der Waals surface area (Å²) in [6, 6.07) is 8.70. The molecule has 0 saturated carbocycles. The molecule has 6 heteroatoms. The Morgan fingerprint density at radius 1 is 1.27 bits per heavy atom. The molecule has 2 aliphatic heterocycles. The molecule has 1 atom stereocenters. The van der Waals surface area contributed by atoms with Gasteiger partial charge in [-0.3, -0.25) is 9.89 Å². The van der Waals surface area contributed by atoms with Crippen LogP contribution in [0.1, 0.15) is 25.8 Å². The molecule has 2 fully saturated rings. The number of hydrogen-bond donors (Lipinski definition) is 1. The number of benzene rings is 1. The lowest BCUT2D eigenvalue weighted by Crippen LogP contribution is -2.48. The molecule has 26 heavy (non-hydrogen) atoms. The minimum atomic E-state index is -0.0718. The van der Waals surface area contributed by atoms with Gasteiger partial charge in [-0.1, -0.05) is 43.6 Å². The monoisotopic (exact) mass is 378 g/mol. The van der Waals surface area contributed by atoms with Gasteiger partial charge in [0.15, 0.2) is 5.96 Å². The van der Waals surface area contributed by atoms with E-state index in [1.165, 1.54) is 6.42 Å². The molecule has 144 valence electrons. The molecular weight excluding hydrogens is 348 g/mol. The quantitative estimate of drug-likeness (QED) is 0.645. The van der Waals surface area contributed by atoms with Crippen molar-refractivity contribution in [3.63, 3.8) is 0 Å². The zero-order chi connectivity index (χ0) is 18.6. The van der Waals surface area contributed by atoms with Crippen molar-refractivity contribution in [2.24, 2.45) is 4.99 Å². The minimum absolute atomic E-state index is 0.0718. The van der Waals surface area contributed by atoms with Gasteiger partial charge in [-0.05, 0) is 18.1 Å². The number of guanidine groups is 1. The summed E-state index contributed by atoms with van der Waals surface area (Å²) in [6.45, 7) is 11.1. The Morgan fingerprint density at radius 3 is 2.69 bits per heavy atom. The number of morpholine rings is 1. The van der Waals surface area contributed by atoms with E-state index < -0.39 is 0 Å². The van der Waals surface area contributed by atoms with Crippen molar-refractivity contribution in [1.82, 2.24) is 15.1 Å². The number of ether oxygens (including phenoxy) is 1. The Hall–Kier alpha value is -1.30. The summed E-state index contributed by atoms with van der Waals surface area (Å²) >= 11 is 6.41. The Bertz CT molecular complexity index is 628. The highest BCUT2D eigenvalue weighted by atomic mass is 35.5. The number of halogens is 1. The second-order valence-electron chi connectivity index (χ2n) is 7.80. The van der Waals surface area contributed by atoms with Crippen molar-refractivity contribution in [1.29, 1.82) is 0 Å². The fourth-order valence-corrected chi connectivity index (χ4v) is 4.30. The summed E-state index contributed by atoms with van der Waals surface area (Å²) in [5, 5.41) is 4.40. The van der Waals surface area contributed by atoms with Gasteiger partial charge in [0.2, 0.25) is 0 Å². The van der Waals surface area contributed by atoms with Gasteiger partial charge in [0.25, 0.3) is 0 Å². The maximum absolute atomic E-state index is 6.41. The van der Waals surface area contributed by atoms with Crippen LogP contribution in [0.4, 0.5) is 0 Å². The molecule has 0 aliphatic carbocycles. The van der Waals surface area contributed by atoms with Crippen LogP contribution in [0.25, 0.3) is 0 Å². The van der Waals surface area contributed by atoms with Crippen molar-refractivity contribution in [3.8, 4) is 0 Å². The first-order chi connectivity index (χ1) is 12.5. The zero-order valence-corrected chi connectivity index (χ0v) is 16.9. The van der Waals surface area contributed by atoms with Crippen molar-refractivity contribution in [2.45, 2.75) is 31.7 Å². The minimum Gasteiger partial charge on any atom is -0.379 e. The molecule has 0 bridgehead atoms. The Morgan fingerprint density at radius 2 is 2.00 bits per heavy atom. The normalized spacial score (nSPS) is 22.7. The second kappa shape index (κ2) is 8.59. The van der Waals surface area contributed by atoms with Crippen molar-refractivity contribution >= 4 is 17.6 Å². The molecule has 0 spiro atoms. The summed E-state index contributed by atoms with van der Waals surface area (Å²) in [5.41, 5.74) is 1.09. The average molecular weight is 379 g/mol. The van der Waals surface area contributed by atoms with Crippen LogP contribution < -0.4 is 5.32 Å². The molecule has 2 aliphatic rings. The Kier molecular flexibility index (Phi) is 6.43. The average Bonchev–Trinajstić information content (AvgIpc) is 3.13. The summed E-state index contributed by atoms with van der Waals surface area (Å²) in [5.74, 6) is 0.987. The van der Waals surface area contributed by atoms with E-state index >= 15 is 0 Å². The Labute approximate surface area is 162 Å². The predicted octanol–water partition coefficient (Wildman–Crippen LogP) is 2.60. The fourth-order valence-electron chi connectivity index (χ4n) is 3.91.